The molecule has 0 aliphatic carbocycles. The first kappa shape index (κ1) is 13.1. The average molecular weight is 258 g/mol. The first-order valence-electron chi connectivity index (χ1n) is 6.23. The lowest BCUT2D eigenvalue weighted by Crippen LogP contribution is -1.98. The van der Waals surface area contributed by atoms with Crippen molar-refractivity contribution in [3.05, 3.63) is 35.9 Å². The van der Waals surface area contributed by atoms with Crippen LogP contribution in [-0.2, 0) is 6.42 Å². The molecule has 0 saturated heterocycles. The van der Waals surface area contributed by atoms with Crippen molar-refractivity contribution in [2.45, 2.75) is 19.8 Å². The molecule has 6 N–H and O–H groups in total. The van der Waals surface area contributed by atoms with Crippen LogP contribution in [0.2, 0.25) is 0 Å². The summed E-state index contributed by atoms with van der Waals surface area (Å²) in [6.45, 7) is 2.03. The molecule has 0 saturated carbocycles. The SMILES string of the molecule is CCCc1c(N)ccc(O)c1-c1cc(N)ccc1O. The molecule has 4 heteroatoms. The highest BCUT2D eigenvalue weighted by atomic mass is 16.3. The van der Waals surface area contributed by atoms with Crippen LogP contribution in [0.4, 0.5) is 11.4 Å². The van der Waals surface area contributed by atoms with E-state index < -0.39 is 0 Å². The van der Waals surface area contributed by atoms with Crippen molar-refractivity contribution in [3.8, 4) is 22.6 Å². The largest absolute Gasteiger partial charge is 0.507 e. The van der Waals surface area contributed by atoms with Crippen LogP contribution in [0.25, 0.3) is 11.1 Å². The third-order valence-corrected chi connectivity index (χ3v) is 3.12. The predicted octanol–water partition coefficient (Wildman–Crippen LogP) is 2.88. The normalized spacial score (nSPS) is 10.6. The molecule has 0 fully saturated rings. The maximum atomic E-state index is 10.1. The highest BCUT2D eigenvalue weighted by molar-refractivity contribution is 5.83. The lowest BCUT2D eigenvalue weighted by atomic mass is 9.93. The quantitative estimate of drug-likeness (QED) is 0.503. The third kappa shape index (κ3) is 2.42. The van der Waals surface area contributed by atoms with Gasteiger partial charge in [-0.05, 0) is 42.3 Å². The first-order valence-corrected chi connectivity index (χ1v) is 6.23. The van der Waals surface area contributed by atoms with Crippen LogP contribution >= 0.6 is 0 Å². The third-order valence-electron chi connectivity index (χ3n) is 3.12. The van der Waals surface area contributed by atoms with E-state index in [2.05, 4.69) is 0 Å². The van der Waals surface area contributed by atoms with Gasteiger partial charge in [0.1, 0.15) is 11.5 Å². The smallest absolute Gasteiger partial charge is 0.123 e. The maximum Gasteiger partial charge on any atom is 0.123 e. The monoisotopic (exact) mass is 258 g/mol. The topological polar surface area (TPSA) is 92.5 Å². The van der Waals surface area contributed by atoms with Crippen molar-refractivity contribution in [3.63, 3.8) is 0 Å². The van der Waals surface area contributed by atoms with E-state index in [-0.39, 0.29) is 11.5 Å². The Morgan fingerprint density at radius 3 is 2.37 bits per heavy atom. The van der Waals surface area contributed by atoms with Gasteiger partial charge in [0.05, 0.1) is 0 Å². The summed E-state index contributed by atoms with van der Waals surface area (Å²) in [5.74, 6) is 0.172. The molecule has 0 bridgehead atoms. The van der Waals surface area contributed by atoms with E-state index in [0.717, 1.165) is 18.4 Å². The first-order chi connectivity index (χ1) is 9.04. The lowest BCUT2D eigenvalue weighted by Gasteiger charge is -2.15. The molecule has 2 aromatic rings. The molecule has 4 nitrogen and oxygen atoms in total. The van der Waals surface area contributed by atoms with Crippen LogP contribution < -0.4 is 11.5 Å². The standard InChI is InChI=1S/C15H18N2O2/c1-2-3-10-12(17)5-7-14(19)15(10)11-8-9(16)4-6-13(11)18/h4-8,18-19H,2-3,16-17H2,1H3. The highest BCUT2D eigenvalue weighted by Gasteiger charge is 2.16. The van der Waals surface area contributed by atoms with Crippen LogP contribution in [0.3, 0.4) is 0 Å². The number of hydrogen-bond donors (Lipinski definition) is 4. The van der Waals surface area contributed by atoms with E-state index in [1.807, 2.05) is 6.92 Å². The Morgan fingerprint density at radius 1 is 1.00 bits per heavy atom. The predicted molar refractivity (Wildman–Crippen MR) is 78.0 cm³/mol. The Kier molecular flexibility index (Phi) is 3.51. The van der Waals surface area contributed by atoms with Gasteiger partial charge in [-0.3, -0.25) is 0 Å². The number of benzene rings is 2. The van der Waals surface area contributed by atoms with Gasteiger partial charge in [0.2, 0.25) is 0 Å². The molecule has 0 unspecified atom stereocenters. The second kappa shape index (κ2) is 5.10. The Hall–Kier alpha value is -2.36. The van der Waals surface area contributed by atoms with Crippen molar-refractivity contribution in [1.29, 1.82) is 0 Å². The molecule has 0 spiro atoms. The van der Waals surface area contributed by atoms with Gasteiger partial charge in [-0.25, -0.2) is 0 Å². The van der Waals surface area contributed by atoms with Crippen LogP contribution in [-0.4, -0.2) is 10.2 Å². The summed E-state index contributed by atoms with van der Waals surface area (Å²) in [7, 11) is 0. The van der Waals surface area contributed by atoms with Gasteiger partial charge in [-0.1, -0.05) is 13.3 Å². The van der Waals surface area contributed by atoms with E-state index in [9.17, 15) is 10.2 Å². The van der Waals surface area contributed by atoms with Crippen LogP contribution in [0.5, 0.6) is 11.5 Å². The minimum atomic E-state index is 0.0763. The molecule has 2 rings (SSSR count). The minimum absolute atomic E-state index is 0.0763. The molecule has 0 atom stereocenters. The molecule has 0 amide bonds. The number of hydrogen-bond acceptors (Lipinski definition) is 4. The number of phenolic OH excluding ortho intramolecular Hbond substituents is 2. The Balaban J connectivity index is 2.73. The molecule has 100 valence electrons. The van der Waals surface area contributed by atoms with E-state index in [1.165, 1.54) is 12.1 Å². The van der Waals surface area contributed by atoms with Gasteiger partial charge in [-0.2, -0.15) is 0 Å². The molecule has 0 heterocycles. The van der Waals surface area contributed by atoms with Crippen molar-refractivity contribution in [1.82, 2.24) is 0 Å². The fourth-order valence-electron chi connectivity index (χ4n) is 2.23. The molecule has 0 aromatic heterocycles. The van der Waals surface area contributed by atoms with Gasteiger partial charge in [0.25, 0.3) is 0 Å². The minimum Gasteiger partial charge on any atom is -0.507 e. The second-order valence-electron chi connectivity index (χ2n) is 4.55. The fraction of sp³-hybridized carbons (Fsp3) is 0.200. The van der Waals surface area contributed by atoms with Crippen LogP contribution in [0.15, 0.2) is 30.3 Å². The van der Waals surface area contributed by atoms with Crippen molar-refractivity contribution in [2.75, 3.05) is 11.5 Å². The summed E-state index contributed by atoms with van der Waals surface area (Å²) in [6.07, 6.45) is 1.62. The molecular weight excluding hydrogens is 240 g/mol. The zero-order chi connectivity index (χ0) is 14.0. The number of nitrogen functional groups attached to an aromatic ring is 2. The summed E-state index contributed by atoms with van der Waals surface area (Å²) in [5, 5.41) is 20.1. The van der Waals surface area contributed by atoms with Gasteiger partial charge >= 0.3 is 0 Å². The molecule has 19 heavy (non-hydrogen) atoms. The molecule has 0 radical (unpaired) electrons. The molecule has 0 aliphatic heterocycles. The number of aromatic hydroxyl groups is 2. The number of rotatable bonds is 3. The Labute approximate surface area is 112 Å². The van der Waals surface area contributed by atoms with E-state index in [1.54, 1.807) is 18.2 Å². The number of anilines is 2. The van der Waals surface area contributed by atoms with Crippen molar-refractivity contribution < 1.29 is 10.2 Å². The summed E-state index contributed by atoms with van der Waals surface area (Å²) < 4.78 is 0. The number of phenols is 2. The summed E-state index contributed by atoms with van der Waals surface area (Å²) in [5.41, 5.74) is 14.8. The highest BCUT2D eigenvalue weighted by Crippen LogP contribution is 2.41. The van der Waals surface area contributed by atoms with Gasteiger partial charge in [0.15, 0.2) is 0 Å². The lowest BCUT2D eigenvalue weighted by molar-refractivity contribution is 0.468. The molecular formula is C15H18N2O2. The van der Waals surface area contributed by atoms with E-state index in [4.69, 9.17) is 11.5 Å². The van der Waals surface area contributed by atoms with E-state index >= 15 is 0 Å². The van der Waals surface area contributed by atoms with Crippen LogP contribution in [0, 0.1) is 0 Å². The molecule has 0 aliphatic rings. The van der Waals surface area contributed by atoms with Crippen LogP contribution in [0.1, 0.15) is 18.9 Å². The Morgan fingerprint density at radius 2 is 1.68 bits per heavy atom. The maximum absolute atomic E-state index is 10.1. The molecule has 2 aromatic carbocycles. The zero-order valence-corrected chi connectivity index (χ0v) is 10.9. The van der Waals surface area contributed by atoms with Crippen molar-refractivity contribution in [2.24, 2.45) is 0 Å². The van der Waals surface area contributed by atoms with E-state index in [0.29, 0.717) is 22.5 Å². The fourth-order valence-corrected chi connectivity index (χ4v) is 2.23. The number of nitrogens with two attached hydrogens (primary N) is 2. The zero-order valence-electron chi connectivity index (χ0n) is 10.9. The van der Waals surface area contributed by atoms with Gasteiger partial charge in [-0.15, -0.1) is 0 Å². The Bertz CT molecular complexity index is 609. The van der Waals surface area contributed by atoms with Gasteiger partial charge < -0.3 is 21.7 Å². The second-order valence-corrected chi connectivity index (χ2v) is 4.55. The summed E-state index contributed by atoms with van der Waals surface area (Å²) in [6, 6.07) is 7.98. The average Bonchev–Trinajstić information content (AvgIpc) is 2.38. The van der Waals surface area contributed by atoms with Gasteiger partial charge in [0, 0.05) is 22.5 Å². The summed E-state index contributed by atoms with van der Waals surface area (Å²) in [4.78, 5) is 0. The van der Waals surface area contributed by atoms with Crippen molar-refractivity contribution >= 4 is 11.4 Å². The summed E-state index contributed by atoms with van der Waals surface area (Å²) >= 11 is 0.